The van der Waals surface area contributed by atoms with Gasteiger partial charge in [0.1, 0.15) is 11.6 Å². The van der Waals surface area contributed by atoms with Crippen molar-refractivity contribution in [1.82, 2.24) is 24.2 Å². The largest absolute Gasteiger partial charge is 0.496 e. The number of fused-ring (bicyclic) bond motifs is 1. The van der Waals surface area contributed by atoms with Gasteiger partial charge in [0.25, 0.3) is 5.91 Å². The molecule has 1 N–H and O–H groups in total. The molecule has 0 bridgehead atoms. The number of nitrogens with zero attached hydrogens (tertiary/aromatic N) is 5. The number of aryl methyl sites for hydroxylation is 2. The topological polar surface area (TPSA) is 94.3 Å². The molecule has 0 fully saturated rings. The number of ether oxygens (including phenoxy) is 1. The van der Waals surface area contributed by atoms with Gasteiger partial charge in [0.2, 0.25) is 5.91 Å². The number of anilines is 1. The molecule has 2 heterocycles. The second-order valence-electron chi connectivity index (χ2n) is 8.27. The lowest BCUT2D eigenvalue weighted by atomic mass is 10.1. The maximum absolute atomic E-state index is 13.3. The van der Waals surface area contributed by atoms with Crippen molar-refractivity contribution in [2.24, 2.45) is 14.1 Å². The van der Waals surface area contributed by atoms with Gasteiger partial charge < -0.3 is 19.5 Å². The smallest absolute Gasteiger partial charge is 0.253 e. The lowest BCUT2D eigenvalue weighted by Crippen LogP contribution is -2.29. The highest BCUT2D eigenvalue weighted by atomic mass is 16.5. The Labute approximate surface area is 198 Å². The number of hydrogen-bond acceptors (Lipinski definition) is 5. The van der Waals surface area contributed by atoms with Crippen molar-refractivity contribution in [1.29, 1.82) is 0 Å². The van der Waals surface area contributed by atoms with E-state index in [0.29, 0.717) is 41.3 Å². The minimum absolute atomic E-state index is 0.151. The fourth-order valence-electron chi connectivity index (χ4n) is 4.05. The van der Waals surface area contributed by atoms with Crippen LogP contribution in [0.5, 0.6) is 5.75 Å². The van der Waals surface area contributed by atoms with Gasteiger partial charge in [-0.2, -0.15) is 5.10 Å². The molecule has 0 saturated heterocycles. The van der Waals surface area contributed by atoms with Crippen molar-refractivity contribution in [3.8, 4) is 17.1 Å². The van der Waals surface area contributed by atoms with E-state index in [-0.39, 0.29) is 11.8 Å². The van der Waals surface area contributed by atoms with Crippen LogP contribution in [0.3, 0.4) is 0 Å². The Morgan fingerprint density at radius 2 is 1.94 bits per heavy atom. The molecule has 9 nitrogen and oxygen atoms in total. The molecule has 0 spiro atoms. The zero-order chi connectivity index (χ0) is 24.4. The summed E-state index contributed by atoms with van der Waals surface area (Å²) in [6.07, 6.45) is 4.43. The van der Waals surface area contributed by atoms with Crippen molar-refractivity contribution in [2.45, 2.75) is 13.3 Å². The first-order chi connectivity index (χ1) is 16.3. The molecule has 0 saturated carbocycles. The minimum atomic E-state index is -0.226. The highest BCUT2D eigenvalue weighted by Crippen LogP contribution is 2.34. The van der Waals surface area contributed by atoms with Gasteiger partial charge in [0.05, 0.1) is 35.6 Å². The monoisotopic (exact) mass is 460 g/mol. The van der Waals surface area contributed by atoms with Gasteiger partial charge in [-0.05, 0) is 36.2 Å². The Hall–Kier alpha value is -4.14. The van der Waals surface area contributed by atoms with E-state index in [1.54, 1.807) is 42.1 Å². The summed E-state index contributed by atoms with van der Waals surface area (Å²) in [6.45, 7) is 1.98. The number of carbonyl (C=O) groups excluding carboxylic acids is 2. The summed E-state index contributed by atoms with van der Waals surface area (Å²) in [4.78, 5) is 31.7. The number of methoxy groups -OCH3 is 1. The SMILES string of the molecule is COc1ccccc1-c1nc2cc(C(=O)N(C)CCc3cnn(C)c3)cc(NC(C)=O)c2n1C. The molecule has 0 atom stereocenters. The fraction of sp³-hybridized carbons (Fsp3) is 0.280. The van der Waals surface area contributed by atoms with Crippen LogP contribution >= 0.6 is 0 Å². The van der Waals surface area contributed by atoms with Gasteiger partial charge in [-0.15, -0.1) is 0 Å². The number of aromatic nitrogens is 4. The number of likely N-dealkylation sites (N-methyl/N-ethyl adjacent to an activating group) is 1. The Bertz CT molecular complexity index is 1370. The van der Waals surface area contributed by atoms with E-state index < -0.39 is 0 Å². The molecule has 9 heteroatoms. The molecule has 4 aromatic rings. The van der Waals surface area contributed by atoms with E-state index in [9.17, 15) is 9.59 Å². The van der Waals surface area contributed by atoms with Crippen molar-refractivity contribution in [3.63, 3.8) is 0 Å². The van der Waals surface area contributed by atoms with Crippen LogP contribution in [-0.2, 0) is 25.3 Å². The first kappa shape index (κ1) is 23.0. The van der Waals surface area contributed by atoms with Crippen LogP contribution in [-0.4, -0.2) is 56.7 Å². The summed E-state index contributed by atoms with van der Waals surface area (Å²) in [6, 6.07) is 11.1. The van der Waals surface area contributed by atoms with Crippen LogP contribution in [0.4, 0.5) is 5.69 Å². The number of imidazole rings is 1. The molecule has 0 aliphatic carbocycles. The molecule has 0 radical (unpaired) electrons. The van der Waals surface area contributed by atoms with Crippen molar-refractivity contribution >= 4 is 28.5 Å². The maximum Gasteiger partial charge on any atom is 0.253 e. The van der Waals surface area contributed by atoms with Crippen LogP contribution in [0.2, 0.25) is 0 Å². The Morgan fingerprint density at radius 1 is 1.18 bits per heavy atom. The fourth-order valence-corrected chi connectivity index (χ4v) is 4.05. The van der Waals surface area contributed by atoms with Gasteiger partial charge in [-0.3, -0.25) is 14.3 Å². The molecule has 0 aliphatic heterocycles. The number of amides is 2. The number of benzene rings is 2. The molecule has 2 amide bonds. The van der Waals surface area contributed by atoms with Gasteiger partial charge >= 0.3 is 0 Å². The molecule has 0 unspecified atom stereocenters. The van der Waals surface area contributed by atoms with Gasteiger partial charge in [0, 0.05) is 46.4 Å². The summed E-state index contributed by atoms with van der Waals surface area (Å²) in [5, 5.41) is 7.04. The predicted molar refractivity (Wildman–Crippen MR) is 131 cm³/mol. The van der Waals surface area contributed by atoms with Crippen LogP contribution in [0, 0.1) is 0 Å². The minimum Gasteiger partial charge on any atom is -0.496 e. The number of hydrogen-bond donors (Lipinski definition) is 1. The van der Waals surface area contributed by atoms with Crippen LogP contribution in [0.15, 0.2) is 48.8 Å². The van der Waals surface area contributed by atoms with E-state index in [2.05, 4.69) is 10.4 Å². The highest BCUT2D eigenvalue weighted by molar-refractivity contribution is 6.05. The van der Waals surface area contributed by atoms with E-state index in [4.69, 9.17) is 9.72 Å². The standard InChI is InChI=1S/C25H28N6O3/c1-16(32)27-20-12-18(25(33)29(2)11-10-17-14-26-30(3)15-17)13-21-23(20)31(4)24(28-21)19-8-6-7-9-22(19)34-5/h6-9,12-15H,10-11H2,1-5H3,(H,27,32). The second kappa shape index (κ2) is 9.38. The van der Waals surface area contributed by atoms with Crippen molar-refractivity contribution in [3.05, 3.63) is 59.9 Å². The highest BCUT2D eigenvalue weighted by Gasteiger charge is 2.21. The summed E-state index contributed by atoms with van der Waals surface area (Å²) in [7, 11) is 7.12. The van der Waals surface area contributed by atoms with Crippen molar-refractivity contribution in [2.75, 3.05) is 26.0 Å². The second-order valence-corrected chi connectivity index (χ2v) is 8.27. The van der Waals surface area contributed by atoms with Crippen molar-refractivity contribution < 1.29 is 14.3 Å². The van der Waals surface area contributed by atoms with Gasteiger partial charge in [0.15, 0.2) is 0 Å². The number of para-hydroxylation sites is 1. The molecule has 34 heavy (non-hydrogen) atoms. The van der Waals surface area contributed by atoms with E-state index in [1.165, 1.54) is 6.92 Å². The summed E-state index contributed by atoms with van der Waals surface area (Å²) < 4.78 is 9.16. The zero-order valence-electron chi connectivity index (χ0n) is 20.0. The Morgan fingerprint density at radius 3 is 2.62 bits per heavy atom. The first-order valence-electron chi connectivity index (χ1n) is 10.9. The van der Waals surface area contributed by atoms with Gasteiger partial charge in [-0.1, -0.05) is 12.1 Å². The Kier molecular flexibility index (Phi) is 6.36. The van der Waals surface area contributed by atoms with E-state index >= 15 is 0 Å². The summed E-state index contributed by atoms with van der Waals surface area (Å²) in [5.74, 6) is 0.986. The quantitative estimate of drug-likeness (QED) is 0.457. The van der Waals surface area contributed by atoms with Crippen LogP contribution < -0.4 is 10.1 Å². The maximum atomic E-state index is 13.3. The molecule has 4 rings (SSSR count). The average molecular weight is 461 g/mol. The van der Waals surface area contributed by atoms with E-state index in [1.807, 2.05) is 49.1 Å². The van der Waals surface area contributed by atoms with Crippen LogP contribution in [0.1, 0.15) is 22.8 Å². The molecule has 2 aromatic carbocycles. The lowest BCUT2D eigenvalue weighted by molar-refractivity contribution is -0.114. The normalized spacial score (nSPS) is 11.0. The summed E-state index contributed by atoms with van der Waals surface area (Å²) in [5.41, 5.74) is 4.20. The molecular weight excluding hydrogens is 432 g/mol. The van der Waals surface area contributed by atoms with E-state index in [0.717, 1.165) is 16.6 Å². The summed E-state index contributed by atoms with van der Waals surface area (Å²) >= 11 is 0. The lowest BCUT2D eigenvalue weighted by Gasteiger charge is -2.18. The molecule has 176 valence electrons. The third-order valence-electron chi connectivity index (χ3n) is 5.72. The predicted octanol–water partition coefficient (Wildman–Crippen LogP) is 3.26. The average Bonchev–Trinajstić information content (AvgIpc) is 3.39. The number of nitrogens with one attached hydrogen (secondary N) is 1. The van der Waals surface area contributed by atoms with Gasteiger partial charge in [-0.25, -0.2) is 4.98 Å². The number of carbonyl (C=O) groups is 2. The number of rotatable bonds is 7. The molecule has 2 aromatic heterocycles. The Balaban J connectivity index is 1.73. The first-order valence-corrected chi connectivity index (χ1v) is 10.9. The molecular formula is C25H28N6O3. The third kappa shape index (κ3) is 4.50. The zero-order valence-corrected chi connectivity index (χ0v) is 20.0. The third-order valence-corrected chi connectivity index (χ3v) is 5.72. The van der Waals surface area contributed by atoms with Crippen LogP contribution in [0.25, 0.3) is 22.4 Å². The molecule has 0 aliphatic rings.